The summed E-state index contributed by atoms with van der Waals surface area (Å²) in [6.45, 7) is 0.358. The number of carbonyl (C=O) groups excluding carboxylic acids is 2. The first-order valence-corrected chi connectivity index (χ1v) is 12.9. The highest BCUT2D eigenvalue weighted by Crippen LogP contribution is 2.37. The Morgan fingerprint density at radius 1 is 0.969 bits per heavy atom. The maximum absolute atomic E-state index is 13.7. The van der Waals surface area contributed by atoms with Crippen LogP contribution in [-0.4, -0.2) is 26.8 Å². The zero-order valence-corrected chi connectivity index (χ0v) is 19.3. The average Bonchev–Trinajstić information content (AvgIpc) is 3.12. The van der Waals surface area contributed by atoms with Crippen LogP contribution in [0.15, 0.2) is 58.8 Å². The van der Waals surface area contributed by atoms with Crippen molar-refractivity contribution in [2.75, 3.05) is 15.7 Å². The molecule has 32 heavy (non-hydrogen) atoms. The molecule has 0 aliphatic carbocycles. The summed E-state index contributed by atoms with van der Waals surface area (Å²) in [6.07, 6.45) is 2.52. The van der Waals surface area contributed by atoms with Crippen molar-refractivity contribution in [1.82, 2.24) is 0 Å². The molecule has 0 N–H and O–H groups in total. The van der Waals surface area contributed by atoms with Crippen LogP contribution in [0.25, 0.3) is 0 Å². The predicted octanol–water partition coefficient (Wildman–Crippen LogP) is 4.66. The fraction of sp³-hybridized carbons (Fsp3) is 0.217. The molecule has 0 bridgehead atoms. The number of fused-ring (bicyclic) bond motifs is 2. The molecule has 0 radical (unpaired) electrons. The Labute approximate surface area is 195 Å². The van der Waals surface area contributed by atoms with E-state index < -0.39 is 21.8 Å². The summed E-state index contributed by atoms with van der Waals surface area (Å²) in [5.41, 5.74) is 2.17. The fourth-order valence-corrected chi connectivity index (χ4v) is 6.84. The summed E-state index contributed by atoms with van der Waals surface area (Å²) in [4.78, 5) is 27.5. The molecule has 2 amide bonds. The van der Waals surface area contributed by atoms with Gasteiger partial charge in [0.1, 0.15) is 0 Å². The van der Waals surface area contributed by atoms with Gasteiger partial charge < -0.3 is 0 Å². The quantitative estimate of drug-likeness (QED) is 0.504. The number of thiophene rings is 1. The van der Waals surface area contributed by atoms with Crippen molar-refractivity contribution in [1.29, 1.82) is 0 Å². The lowest BCUT2D eigenvalue weighted by Crippen LogP contribution is -2.42. The minimum absolute atomic E-state index is 0.00896. The van der Waals surface area contributed by atoms with E-state index in [2.05, 4.69) is 0 Å². The molecular formula is C23H19ClN2O4S2. The molecule has 0 spiro atoms. The van der Waals surface area contributed by atoms with E-state index in [1.54, 1.807) is 11.4 Å². The zero-order chi connectivity index (χ0) is 22.5. The normalized spacial score (nSPS) is 16.5. The Balaban J connectivity index is 1.59. The monoisotopic (exact) mass is 486 g/mol. The third-order valence-electron chi connectivity index (χ3n) is 5.80. The second-order valence-corrected chi connectivity index (χ2v) is 11.0. The second kappa shape index (κ2) is 8.03. The first kappa shape index (κ1) is 21.2. The van der Waals surface area contributed by atoms with Gasteiger partial charge in [0.2, 0.25) is 5.91 Å². The Morgan fingerprint density at radius 3 is 2.62 bits per heavy atom. The lowest BCUT2D eigenvalue weighted by molar-refractivity contribution is -0.117. The van der Waals surface area contributed by atoms with Gasteiger partial charge in [-0.3, -0.25) is 13.9 Å². The average molecular weight is 487 g/mol. The molecule has 0 fully saturated rings. The third-order valence-corrected chi connectivity index (χ3v) is 8.85. The molecule has 5 rings (SSSR count). The van der Waals surface area contributed by atoms with Crippen LogP contribution in [0.4, 0.5) is 11.4 Å². The van der Waals surface area contributed by atoms with E-state index in [0.29, 0.717) is 22.7 Å². The number of carbonyl (C=O) groups is 2. The van der Waals surface area contributed by atoms with Crippen LogP contribution in [0.2, 0.25) is 5.02 Å². The van der Waals surface area contributed by atoms with E-state index in [9.17, 15) is 18.0 Å². The number of nitrogens with zero attached hydrogens (tertiary/aromatic N) is 2. The molecule has 2 aliphatic rings. The van der Waals surface area contributed by atoms with Crippen LogP contribution >= 0.6 is 22.9 Å². The van der Waals surface area contributed by atoms with Crippen LogP contribution in [0, 0.1) is 0 Å². The summed E-state index contributed by atoms with van der Waals surface area (Å²) < 4.78 is 28.7. The maximum Gasteiger partial charge on any atom is 0.266 e. The van der Waals surface area contributed by atoms with Crippen LogP contribution < -0.4 is 9.21 Å². The minimum atomic E-state index is -3.93. The second-order valence-electron chi connectivity index (χ2n) is 7.74. The van der Waals surface area contributed by atoms with E-state index >= 15 is 0 Å². The van der Waals surface area contributed by atoms with E-state index in [-0.39, 0.29) is 22.0 Å². The number of para-hydroxylation sites is 1. The Hall–Kier alpha value is -2.68. The first-order chi connectivity index (χ1) is 15.4. The highest BCUT2D eigenvalue weighted by molar-refractivity contribution is 7.92. The number of aryl methyl sites for hydroxylation is 1. The van der Waals surface area contributed by atoms with Gasteiger partial charge in [-0.2, -0.15) is 0 Å². The molecule has 0 saturated heterocycles. The van der Waals surface area contributed by atoms with Crippen molar-refractivity contribution in [3.8, 4) is 0 Å². The highest BCUT2D eigenvalue weighted by atomic mass is 35.5. The van der Waals surface area contributed by atoms with Crippen LogP contribution in [0.1, 0.15) is 33.6 Å². The van der Waals surface area contributed by atoms with E-state index in [1.807, 2.05) is 24.3 Å². The fourth-order valence-electron chi connectivity index (χ4n) is 4.22. The van der Waals surface area contributed by atoms with E-state index in [4.69, 9.17) is 11.6 Å². The van der Waals surface area contributed by atoms with Crippen molar-refractivity contribution >= 4 is 56.2 Å². The van der Waals surface area contributed by atoms with Gasteiger partial charge in [-0.05, 0) is 60.5 Å². The number of imide groups is 1. The number of hydrogen-bond acceptors (Lipinski definition) is 5. The number of amides is 2. The van der Waals surface area contributed by atoms with Gasteiger partial charge in [0.05, 0.1) is 33.3 Å². The topological polar surface area (TPSA) is 74.8 Å². The largest absolute Gasteiger partial charge is 0.274 e. The standard InChI is InChI=1S/C23H19ClN2O4S2/c24-18-9-8-16(13-20(18)26-22(27)14-21-17(23(26)28)10-12-31-21)32(29,30)25-11-4-3-6-15-5-1-2-7-19(15)25/h1-2,5,7-10,12-13H,3-4,6,11,14H2. The lowest BCUT2D eigenvalue weighted by atomic mass is 10.1. The van der Waals surface area contributed by atoms with Gasteiger partial charge in [-0.1, -0.05) is 29.8 Å². The van der Waals surface area contributed by atoms with Gasteiger partial charge in [-0.25, -0.2) is 13.3 Å². The lowest BCUT2D eigenvalue weighted by Gasteiger charge is -2.28. The molecule has 164 valence electrons. The van der Waals surface area contributed by atoms with Gasteiger partial charge in [0.25, 0.3) is 15.9 Å². The number of hydrogen-bond donors (Lipinski definition) is 0. The molecule has 0 saturated carbocycles. The summed E-state index contributed by atoms with van der Waals surface area (Å²) in [5, 5.41) is 1.90. The van der Waals surface area contributed by atoms with Crippen molar-refractivity contribution in [3.05, 3.63) is 74.9 Å². The van der Waals surface area contributed by atoms with Gasteiger partial charge >= 0.3 is 0 Å². The van der Waals surface area contributed by atoms with Crippen molar-refractivity contribution in [3.63, 3.8) is 0 Å². The van der Waals surface area contributed by atoms with Gasteiger partial charge in [-0.15, -0.1) is 11.3 Å². The molecule has 0 unspecified atom stereocenters. The Morgan fingerprint density at radius 2 is 1.78 bits per heavy atom. The van der Waals surface area contributed by atoms with Crippen molar-refractivity contribution in [2.45, 2.75) is 30.6 Å². The third kappa shape index (κ3) is 3.43. The Kier molecular flexibility index (Phi) is 5.31. The minimum Gasteiger partial charge on any atom is -0.274 e. The molecule has 2 aliphatic heterocycles. The summed E-state index contributed by atoms with van der Waals surface area (Å²) >= 11 is 7.70. The molecule has 1 aromatic heterocycles. The number of halogens is 1. The SMILES string of the molecule is O=C1Cc2sccc2C(=O)N1c1cc(S(=O)(=O)N2CCCCc3ccccc32)ccc1Cl. The number of rotatable bonds is 3. The number of benzene rings is 2. The summed E-state index contributed by atoms with van der Waals surface area (Å²) in [6, 6.07) is 13.3. The van der Waals surface area contributed by atoms with Crippen molar-refractivity contribution in [2.24, 2.45) is 0 Å². The van der Waals surface area contributed by atoms with Crippen LogP contribution in [0.3, 0.4) is 0 Å². The Bertz CT molecular complexity index is 1350. The van der Waals surface area contributed by atoms with E-state index in [0.717, 1.165) is 29.7 Å². The number of sulfonamides is 1. The number of anilines is 2. The molecule has 0 atom stereocenters. The zero-order valence-electron chi connectivity index (χ0n) is 17.0. The van der Waals surface area contributed by atoms with Gasteiger partial charge in [0, 0.05) is 11.4 Å². The first-order valence-electron chi connectivity index (χ1n) is 10.2. The molecular weight excluding hydrogens is 468 g/mol. The molecule has 2 aromatic carbocycles. The van der Waals surface area contributed by atoms with Crippen LogP contribution in [0.5, 0.6) is 0 Å². The molecule has 6 nitrogen and oxygen atoms in total. The summed E-state index contributed by atoms with van der Waals surface area (Å²) in [7, 11) is -3.93. The smallest absolute Gasteiger partial charge is 0.266 e. The molecule has 3 aromatic rings. The molecule has 3 heterocycles. The van der Waals surface area contributed by atoms with Crippen molar-refractivity contribution < 1.29 is 18.0 Å². The van der Waals surface area contributed by atoms with E-state index in [1.165, 1.54) is 33.8 Å². The highest BCUT2D eigenvalue weighted by Gasteiger charge is 2.35. The van der Waals surface area contributed by atoms with Crippen LogP contribution in [-0.2, 0) is 27.7 Å². The maximum atomic E-state index is 13.7. The molecule has 9 heteroatoms. The van der Waals surface area contributed by atoms with Gasteiger partial charge in [0.15, 0.2) is 0 Å². The summed E-state index contributed by atoms with van der Waals surface area (Å²) in [5.74, 6) is -0.921. The predicted molar refractivity (Wildman–Crippen MR) is 125 cm³/mol.